The first-order valence-corrected chi connectivity index (χ1v) is 17.7. The third-order valence-corrected chi connectivity index (χ3v) is 9.32. The van der Waals surface area contributed by atoms with Gasteiger partial charge in [-0.05, 0) is 57.5 Å². The number of hydrogen-bond donors (Lipinski definition) is 0. The van der Waals surface area contributed by atoms with E-state index < -0.39 is 0 Å². The summed E-state index contributed by atoms with van der Waals surface area (Å²) in [6.07, 6.45) is 6.05. The highest BCUT2D eigenvalue weighted by molar-refractivity contribution is 6.33. The van der Waals surface area contributed by atoms with Gasteiger partial charge < -0.3 is 24.0 Å². The van der Waals surface area contributed by atoms with Gasteiger partial charge in [0, 0.05) is 65.4 Å². The van der Waals surface area contributed by atoms with Gasteiger partial charge >= 0.3 is 0 Å². The fourth-order valence-corrected chi connectivity index (χ4v) is 6.60. The van der Waals surface area contributed by atoms with Gasteiger partial charge in [-0.25, -0.2) is 4.68 Å². The molecule has 1 aromatic heterocycles. The maximum Gasteiger partial charge on any atom is 0.287 e. The highest BCUT2D eigenvalue weighted by Crippen LogP contribution is 2.29. The second kappa shape index (κ2) is 18.2. The van der Waals surface area contributed by atoms with E-state index in [9.17, 15) is 4.79 Å². The number of hydrogen-bond acceptors (Lipinski definition) is 9. The molecule has 2 saturated heterocycles. The van der Waals surface area contributed by atoms with E-state index in [1.165, 1.54) is 10.4 Å². The molecule has 5 rings (SSSR count). The third kappa shape index (κ3) is 9.78. The number of aryl methyl sites for hydroxylation is 1. The molecule has 0 radical (unpaired) electrons. The Labute approximate surface area is 284 Å². The molecule has 47 heavy (non-hydrogen) atoms. The Balaban J connectivity index is 0.968. The summed E-state index contributed by atoms with van der Waals surface area (Å²) in [4.78, 5) is 22.6. The van der Waals surface area contributed by atoms with Crippen LogP contribution in [0.1, 0.15) is 39.5 Å². The van der Waals surface area contributed by atoms with Crippen molar-refractivity contribution in [1.29, 1.82) is 0 Å². The topological polar surface area (TPSA) is 75.5 Å². The van der Waals surface area contributed by atoms with Gasteiger partial charge in [-0.2, -0.15) is 5.10 Å². The van der Waals surface area contributed by atoms with Gasteiger partial charge in [0.15, 0.2) is 11.5 Å². The first-order chi connectivity index (χ1) is 23.1. The number of piperazine rings is 2. The molecular weight excluding hydrogens is 616 g/mol. The van der Waals surface area contributed by atoms with Crippen LogP contribution in [-0.4, -0.2) is 105 Å². The van der Waals surface area contributed by atoms with Crippen LogP contribution in [0.15, 0.2) is 59.5 Å². The van der Waals surface area contributed by atoms with Gasteiger partial charge in [-0.3, -0.25) is 14.6 Å². The Morgan fingerprint density at radius 3 is 1.83 bits per heavy atom. The van der Waals surface area contributed by atoms with Crippen molar-refractivity contribution >= 4 is 23.0 Å². The Hall–Kier alpha value is -3.47. The molecule has 0 N–H and O–H groups in total. The molecule has 0 unspecified atom stereocenters. The number of ether oxygens (including phenoxy) is 3. The van der Waals surface area contributed by atoms with E-state index in [2.05, 4.69) is 42.9 Å². The van der Waals surface area contributed by atoms with Crippen LogP contribution in [0.4, 0.5) is 11.4 Å². The fraction of sp³-hybridized carbons (Fsp3) is 0.556. The monoisotopic (exact) mass is 666 g/mol. The van der Waals surface area contributed by atoms with E-state index >= 15 is 0 Å². The molecular formula is C36H51ClN6O4. The first kappa shape index (κ1) is 34.9. The lowest BCUT2D eigenvalue weighted by atomic mass is 10.1. The van der Waals surface area contributed by atoms with Crippen LogP contribution in [0.2, 0.25) is 5.02 Å². The maximum atomic E-state index is 13.0. The lowest BCUT2D eigenvalue weighted by Crippen LogP contribution is -2.48. The number of halogens is 1. The Bertz CT molecular complexity index is 1440. The number of para-hydroxylation sites is 4. The van der Waals surface area contributed by atoms with Crippen molar-refractivity contribution in [1.82, 2.24) is 19.6 Å². The van der Waals surface area contributed by atoms with Crippen molar-refractivity contribution in [3.8, 4) is 17.2 Å². The smallest absolute Gasteiger partial charge is 0.287 e. The summed E-state index contributed by atoms with van der Waals surface area (Å²) in [5.74, 6) is 2.53. The standard InChI is InChI=1S/C36H51ClN6O4/c1-3-45-32-14-8-7-13-30(32)41-23-19-39(20-24-41)17-11-5-6-12-18-43-36(44)35(37)31(29-38-43)42-25-21-40(22-26-42)27-28-47-34-16-10-9-15-33(34)46-4-2/h7-10,13-16,29H,3-6,11-12,17-28H2,1-2H3. The zero-order valence-electron chi connectivity index (χ0n) is 28.1. The lowest BCUT2D eigenvalue weighted by Gasteiger charge is -2.36. The van der Waals surface area contributed by atoms with E-state index in [1.54, 1.807) is 6.20 Å². The summed E-state index contributed by atoms with van der Waals surface area (Å²) in [6.45, 7) is 15.9. The Kier molecular flexibility index (Phi) is 13.5. The second-order valence-electron chi connectivity index (χ2n) is 12.1. The largest absolute Gasteiger partial charge is 0.492 e. The maximum absolute atomic E-state index is 13.0. The van der Waals surface area contributed by atoms with Gasteiger partial charge in [-0.1, -0.05) is 48.7 Å². The number of anilines is 2. The summed E-state index contributed by atoms with van der Waals surface area (Å²) in [6, 6.07) is 16.1. The molecule has 256 valence electrons. The molecule has 0 bridgehead atoms. The number of nitrogens with zero attached hydrogens (tertiary/aromatic N) is 6. The highest BCUT2D eigenvalue weighted by atomic mass is 35.5. The first-order valence-electron chi connectivity index (χ1n) is 17.3. The fourth-order valence-electron chi connectivity index (χ4n) is 6.34. The van der Waals surface area contributed by atoms with Crippen molar-refractivity contribution in [3.05, 3.63) is 70.1 Å². The molecule has 3 aromatic rings. The van der Waals surface area contributed by atoms with Crippen LogP contribution >= 0.6 is 11.6 Å². The van der Waals surface area contributed by atoms with E-state index in [0.29, 0.717) is 26.4 Å². The quantitative estimate of drug-likeness (QED) is 0.179. The molecule has 0 saturated carbocycles. The SMILES string of the molecule is CCOc1ccccc1OCCN1CCN(c2cnn(CCCCCCN3CCN(c4ccccc4OCC)CC3)c(=O)c2Cl)CC1. The minimum absolute atomic E-state index is 0.197. The van der Waals surface area contributed by atoms with E-state index in [1.807, 2.05) is 44.2 Å². The molecule has 11 heteroatoms. The molecule has 2 fully saturated rings. The van der Waals surface area contributed by atoms with Crippen LogP contribution in [0.25, 0.3) is 0 Å². The van der Waals surface area contributed by atoms with E-state index in [-0.39, 0.29) is 10.6 Å². The number of aromatic nitrogens is 2. The minimum Gasteiger partial charge on any atom is -0.492 e. The zero-order chi connectivity index (χ0) is 32.8. The van der Waals surface area contributed by atoms with Crippen LogP contribution in [0.3, 0.4) is 0 Å². The van der Waals surface area contributed by atoms with E-state index in [0.717, 1.165) is 114 Å². The van der Waals surface area contributed by atoms with Crippen molar-refractivity contribution in [2.24, 2.45) is 0 Å². The highest BCUT2D eigenvalue weighted by Gasteiger charge is 2.22. The number of unbranched alkanes of at least 4 members (excludes halogenated alkanes) is 3. The Morgan fingerprint density at radius 2 is 1.17 bits per heavy atom. The molecule has 2 aliphatic rings. The van der Waals surface area contributed by atoms with Crippen molar-refractivity contribution in [2.75, 3.05) is 95.1 Å². The zero-order valence-corrected chi connectivity index (χ0v) is 28.9. The molecule has 2 aromatic carbocycles. The van der Waals surface area contributed by atoms with Gasteiger partial charge in [0.1, 0.15) is 17.4 Å². The van der Waals surface area contributed by atoms with Gasteiger partial charge in [-0.15, -0.1) is 0 Å². The predicted octanol–water partition coefficient (Wildman–Crippen LogP) is 5.28. The summed E-state index contributed by atoms with van der Waals surface area (Å²) in [5, 5.41) is 4.76. The van der Waals surface area contributed by atoms with Crippen LogP contribution < -0.4 is 29.6 Å². The minimum atomic E-state index is -0.197. The number of benzene rings is 2. The molecule has 0 amide bonds. The molecule has 0 spiro atoms. The molecule has 0 aliphatic carbocycles. The van der Waals surface area contributed by atoms with Crippen LogP contribution in [0.5, 0.6) is 17.2 Å². The number of rotatable bonds is 17. The lowest BCUT2D eigenvalue weighted by molar-refractivity contribution is 0.195. The Morgan fingerprint density at radius 1 is 0.638 bits per heavy atom. The summed E-state index contributed by atoms with van der Waals surface area (Å²) >= 11 is 6.61. The van der Waals surface area contributed by atoms with Gasteiger partial charge in [0.25, 0.3) is 5.56 Å². The molecule has 2 aliphatic heterocycles. The normalized spacial score (nSPS) is 16.0. The van der Waals surface area contributed by atoms with Gasteiger partial charge in [0.05, 0.1) is 30.8 Å². The van der Waals surface area contributed by atoms with Crippen molar-refractivity contribution < 1.29 is 14.2 Å². The average molecular weight is 667 g/mol. The summed E-state index contributed by atoms with van der Waals surface area (Å²) in [7, 11) is 0. The predicted molar refractivity (Wildman–Crippen MR) is 190 cm³/mol. The summed E-state index contributed by atoms with van der Waals surface area (Å²) < 4.78 is 19.0. The van der Waals surface area contributed by atoms with Gasteiger partial charge in [0.2, 0.25) is 0 Å². The second-order valence-corrected chi connectivity index (χ2v) is 12.5. The molecule has 10 nitrogen and oxygen atoms in total. The average Bonchev–Trinajstić information content (AvgIpc) is 3.10. The van der Waals surface area contributed by atoms with E-state index in [4.69, 9.17) is 25.8 Å². The molecule has 0 atom stereocenters. The van der Waals surface area contributed by atoms with Crippen LogP contribution in [0, 0.1) is 0 Å². The van der Waals surface area contributed by atoms with Crippen LogP contribution in [-0.2, 0) is 6.54 Å². The molecule has 3 heterocycles. The third-order valence-electron chi connectivity index (χ3n) is 8.97. The summed E-state index contributed by atoms with van der Waals surface area (Å²) in [5.41, 5.74) is 1.74. The van der Waals surface area contributed by atoms with Crippen molar-refractivity contribution in [2.45, 2.75) is 46.1 Å². The van der Waals surface area contributed by atoms with Crippen molar-refractivity contribution in [3.63, 3.8) is 0 Å².